The minimum absolute atomic E-state index is 0.0157. The molecule has 96 valence electrons. The predicted octanol–water partition coefficient (Wildman–Crippen LogP) is 2.70. The van der Waals surface area contributed by atoms with Crippen molar-refractivity contribution < 1.29 is 8.78 Å². The zero-order valence-electron chi connectivity index (χ0n) is 9.70. The second kappa shape index (κ2) is 5.16. The largest absolute Gasteiger partial charge is 0.336 e. The molecule has 1 aromatic heterocycles. The summed E-state index contributed by atoms with van der Waals surface area (Å²) in [7, 11) is 1.79. The normalized spacial score (nSPS) is 12.7. The van der Waals surface area contributed by atoms with Gasteiger partial charge in [-0.1, -0.05) is 0 Å². The highest BCUT2D eigenvalue weighted by molar-refractivity contribution is 9.10. The number of nitrogens with two attached hydrogens (primary N) is 1. The molecule has 0 aliphatic heterocycles. The first-order valence-electron chi connectivity index (χ1n) is 5.35. The molecule has 1 heterocycles. The van der Waals surface area contributed by atoms with Gasteiger partial charge in [0.05, 0.1) is 22.5 Å². The van der Waals surface area contributed by atoms with Gasteiger partial charge in [-0.15, -0.1) is 0 Å². The molecule has 1 atom stereocenters. The second-order valence-corrected chi connectivity index (χ2v) is 4.92. The molecule has 0 amide bonds. The average molecular weight is 316 g/mol. The molecule has 0 fully saturated rings. The number of aryl methyl sites for hydroxylation is 1. The van der Waals surface area contributed by atoms with Crippen molar-refractivity contribution in [2.75, 3.05) is 0 Å². The number of aromatic nitrogens is 2. The predicted molar refractivity (Wildman–Crippen MR) is 67.9 cm³/mol. The summed E-state index contributed by atoms with van der Waals surface area (Å²) in [6.45, 7) is 0. The highest BCUT2D eigenvalue weighted by atomic mass is 79.9. The van der Waals surface area contributed by atoms with Crippen LogP contribution in [0.4, 0.5) is 8.78 Å². The smallest absolute Gasteiger partial charge is 0.143 e. The highest BCUT2D eigenvalue weighted by Gasteiger charge is 2.18. The number of nitrogens with zero attached hydrogens (tertiary/aromatic N) is 2. The number of halogens is 3. The summed E-state index contributed by atoms with van der Waals surface area (Å²) < 4.78 is 29.4. The van der Waals surface area contributed by atoms with Gasteiger partial charge < -0.3 is 10.3 Å². The van der Waals surface area contributed by atoms with Crippen LogP contribution in [0.5, 0.6) is 0 Å². The Kier molecular flexibility index (Phi) is 3.77. The van der Waals surface area contributed by atoms with Crippen LogP contribution < -0.4 is 5.73 Å². The third kappa shape index (κ3) is 2.44. The number of hydrogen-bond donors (Lipinski definition) is 1. The van der Waals surface area contributed by atoms with E-state index in [0.29, 0.717) is 0 Å². The molecule has 0 aliphatic rings. The fourth-order valence-electron chi connectivity index (χ4n) is 1.81. The summed E-state index contributed by atoms with van der Waals surface area (Å²) in [6.07, 6.45) is 3.28. The minimum Gasteiger partial charge on any atom is -0.336 e. The summed E-state index contributed by atoms with van der Waals surface area (Å²) in [6, 6.07) is 2.05. The Morgan fingerprint density at radius 2 is 2.17 bits per heavy atom. The van der Waals surface area contributed by atoms with Crippen molar-refractivity contribution in [1.82, 2.24) is 9.55 Å². The van der Waals surface area contributed by atoms with Crippen LogP contribution in [0, 0.1) is 11.6 Å². The lowest BCUT2D eigenvalue weighted by Gasteiger charge is -2.14. The fraction of sp³-hybridized carbons (Fsp3) is 0.250. The molecule has 0 aliphatic carbocycles. The van der Waals surface area contributed by atoms with E-state index in [4.69, 9.17) is 5.73 Å². The lowest BCUT2D eigenvalue weighted by atomic mass is 10.0. The van der Waals surface area contributed by atoms with Gasteiger partial charge in [0.2, 0.25) is 0 Å². The standard InChI is InChI=1S/C12H12BrF2N3/c1-18-6-17-5-11(18)10(16)4-7-9(14)3-2-8(13)12(7)15/h2-3,5-6,10H,4,16H2,1H3. The third-order valence-electron chi connectivity index (χ3n) is 2.80. The lowest BCUT2D eigenvalue weighted by Crippen LogP contribution is -2.18. The molecule has 0 radical (unpaired) electrons. The number of rotatable bonds is 3. The van der Waals surface area contributed by atoms with E-state index in [9.17, 15) is 8.78 Å². The van der Waals surface area contributed by atoms with E-state index in [1.54, 1.807) is 24.1 Å². The van der Waals surface area contributed by atoms with Crippen LogP contribution >= 0.6 is 15.9 Å². The Labute approximate surface area is 112 Å². The summed E-state index contributed by atoms with van der Waals surface area (Å²) in [5, 5.41) is 0. The van der Waals surface area contributed by atoms with E-state index < -0.39 is 17.7 Å². The average Bonchev–Trinajstić information content (AvgIpc) is 2.76. The van der Waals surface area contributed by atoms with E-state index in [0.717, 1.165) is 5.69 Å². The van der Waals surface area contributed by atoms with Gasteiger partial charge in [-0.3, -0.25) is 0 Å². The molecule has 18 heavy (non-hydrogen) atoms. The lowest BCUT2D eigenvalue weighted by molar-refractivity contribution is 0.530. The Balaban J connectivity index is 2.30. The monoisotopic (exact) mass is 315 g/mol. The highest BCUT2D eigenvalue weighted by Crippen LogP contribution is 2.25. The Bertz CT molecular complexity index is 568. The Morgan fingerprint density at radius 3 is 2.78 bits per heavy atom. The van der Waals surface area contributed by atoms with Crippen molar-refractivity contribution in [2.24, 2.45) is 12.8 Å². The van der Waals surface area contributed by atoms with Crippen molar-refractivity contribution >= 4 is 15.9 Å². The van der Waals surface area contributed by atoms with Gasteiger partial charge in [-0.05, 0) is 34.5 Å². The van der Waals surface area contributed by atoms with Gasteiger partial charge in [-0.2, -0.15) is 0 Å². The first-order valence-corrected chi connectivity index (χ1v) is 6.14. The molecule has 0 saturated heterocycles. The van der Waals surface area contributed by atoms with E-state index in [2.05, 4.69) is 20.9 Å². The molecule has 2 aromatic rings. The van der Waals surface area contributed by atoms with Crippen LogP contribution in [0.25, 0.3) is 0 Å². The van der Waals surface area contributed by atoms with Gasteiger partial charge in [0.15, 0.2) is 0 Å². The Morgan fingerprint density at radius 1 is 1.44 bits per heavy atom. The maximum Gasteiger partial charge on any atom is 0.143 e. The fourth-order valence-corrected chi connectivity index (χ4v) is 2.18. The van der Waals surface area contributed by atoms with Crippen molar-refractivity contribution in [3.63, 3.8) is 0 Å². The molecule has 6 heteroatoms. The van der Waals surface area contributed by atoms with Crippen LogP contribution in [-0.4, -0.2) is 9.55 Å². The van der Waals surface area contributed by atoms with Crippen LogP contribution in [0.3, 0.4) is 0 Å². The molecule has 2 N–H and O–H groups in total. The maximum absolute atomic E-state index is 13.8. The maximum atomic E-state index is 13.8. The molecular weight excluding hydrogens is 304 g/mol. The second-order valence-electron chi connectivity index (χ2n) is 4.06. The van der Waals surface area contributed by atoms with Gasteiger partial charge in [0, 0.05) is 18.8 Å². The molecule has 0 saturated carbocycles. The van der Waals surface area contributed by atoms with Gasteiger partial charge in [0.1, 0.15) is 11.6 Å². The SMILES string of the molecule is Cn1cncc1C(N)Cc1c(F)ccc(Br)c1F. The summed E-state index contributed by atoms with van der Waals surface area (Å²) in [5.74, 6) is -1.19. The summed E-state index contributed by atoms with van der Waals surface area (Å²) in [5.41, 5.74) is 6.67. The van der Waals surface area contributed by atoms with E-state index in [1.165, 1.54) is 12.1 Å². The number of hydrogen-bond acceptors (Lipinski definition) is 2. The van der Waals surface area contributed by atoms with Crippen molar-refractivity contribution in [3.8, 4) is 0 Å². The van der Waals surface area contributed by atoms with Crippen LogP contribution in [0.15, 0.2) is 29.1 Å². The van der Waals surface area contributed by atoms with Gasteiger partial charge in [-0.25, -0.2) is 13.8 Å². The van der Waals surface area contributed by atoms with Crippen molar-refractivity contribution in [3.05, 3.63) is 52.0 Å². The minimum atomic E-state index is -0.604. The first kappa shape index (κ1) is 13.2. The number of imidazole rings is 1. The zero-order valence-corrected chi connectivity index (χ0v) is 11.3. The molecule has 0 spiro atoms. The summed E-state index contributed by atoms with van der Waals surface area (Å²) >= 11 is 3.03. The summed E-state index contributed by atoms with van der Waals surface area (Å²) in [4.78, 5) is 3.93. The quantitative estimate of drug-likeness (QED) is 0.885. The van der Waals surface area contributed by atoms with Crippen LogP contribution in [0.2, 0.25) is 0 Å². The zero-order chi connectivity index (χ0) is 13.3. The van der Waals surface area contributed by atoms with E-state index in [1.807, 2.05) is 0 Å². The topological polar surface area (TPSA) is 43.8 Å². The number of benzene rings is 1. The first-order chi connectivity index (χ1) is 8.50. The Hall–Kier alpha value is -1.27. The molecular formula is C12H12BrF2N3. The van der Waals surface area contributed by atoms with Gasteiger partial charge in [0.25, 0.3) is 0 Å². The van der Waals surface area contributed by atoms with Crippen LogP contribution in [-0.2, 0) is 13.5 Å². The molecule has 3 nitrogen and oxygen atoms in total. The van der Waals surface area contributed by atoms with Crippen molar-refractivity contribution in [2.45, 2.75) is 12.5 Å². The van der Waals surface area contributed by atoms with Crippen molar-refractivity contribution in [1.29, 1.82) is 0 Å². The molecule has 1 unspecified atom stereocenters. The van der Waals surface area contributed by atoms with Crippen LogP contribution in [0.1, 0.15) is 17.3 Å². The van der Waals surface area contributed by atoms with Gasteiger partial charge >= 0.3 is 0 Å². The molecule has 1 aromatic carbocycles. The molecule has 0 bridgehead atoms. The van der Waals surface area contributed by atoms with E-state index in [-0.39, 0.29) is 16.5 Å². The molecule has 2 rings (SSSR count). The third-order valence-corrected chi connectivity index (χ3v) is 3.41. The van der Waals surface area contributed by atoms with E-state index >= 15 is 0 Å².